The summed E-state index contributed by atoms with van der Waals surface area (Å²) in [5.41, 5.74) is 4.48. The van der Waals surface area contributed by atoms with Gasteiger partial charge in [-0.1, -0.05) is 0 Å². The van der Waals surface area contributed by atoms with Crippen molar-refractivity contribution in [2.24, 2.45) is 5.73 Å². The highest BCUT2D eigenvalue weighted by molar-refractivity contribution is 5.67. The van der Waals surface area contributed by atoms with Gasteiger partial charge < -0.3 is 15.8 Å². The van der Waals surface area contributed by atoms with E-state index >= 15 is 0 Å². The Morgan fingerprint density at radius 1 is 1.39 bits per heavy atom. The van der Waals surface area contributed by atoms with Gasteiger partial charge in [0.05, 0.1) is 11.0 Å². The standard InChI is InChI=1S/C14H19F2N3O4/c1-14(2,3)23-13(20)18-7-9(17)4-8-5-10(15)11(16)6-12(8)19(21)22/h5-6,9H,4,7,17H2,1-3H3,(H,18,20). The smallest absolute Gasteiger partial charge is 0.407 e. The van der Waals surface area contributed by atoms with Gasteiger partial charge in [0.1, 0.15) is 5.60 Å². The van der Waals surface area contributed by atoms with Crippen LogP contribution in [0.2, 0.25) is 0 Å². The third-order valence-electron chi connectivity index (χ3n) is 2.71. The van der Waals surface area contributed by atoms with Crippen LogP contribution in [0, 0.1) is 21.7 Å². The van der Waals surface area contributed by atoms with Crippen LogP contribution in [0.1, 0.15) is 26.3 Å². The number of carbonyl (C=O) groups excluding carboxylic acids is 1. The molecular weight excluding hydrogens is 312 g/mol. The van der Waals surface area contributed by atoms with E-state index in [4.69, 9.17) is 10.5 Å². The van der Waals surface area contributed by atoms with Crippen LogP contribution in [-0.4, -0.2) is 29.2 Å². The molecule has 0 aliphatic rings. The van der Waals surface area contributed by atoms with E-state index < -0.39 is 40.0 Å². The maximum atomic E-state index is 13.2. The fraction of sp³-hybridized carbons (Fsp3) is 0.500. The number of alkyl carbamates (subject to hydrolysis) is 1. The molecule has 1 aromatic carbocycles. The number of ether oxygens (including phenoxy) is 1. The van der Waals surface area contributed by atoms with Gasteiger partial charge in [-0.3, -0.25) is 10.1 Å². The monoisotopic (exact) mass is 331 g/mol. The summed E-state index contributed by atoms with van der Waals surface area (Å²) in [5, 5.41) is 13.3. The first-order valence-corrected chi connectivity index (χ1v) is 6.84. The molecule has 0 radical (unpaired) electrons. The zero-order valence-corrected chi connectivity index (χ0v) is 13.1. The molecule has 1 amide bonds. The summed E-state index contributed by atoms with van der Waals surface area (Å²) >= 11 is 0. The fourth-order valence-electron chi connectivity index (χ4n) is 1.79. The summed E-state index contributed by atoms with van der Waals surface area (Å²) in [7, 11) is 0. The first-order chi connectivity index (χ1) is 10.5. The Bertz CT molecular complexity index is 602. The predicted octanol–water partition coefficient (Wildman–Crippen LogP) is 2.27. The fourth-order valence-corrected chi connectivity index (χ4v) is 1.79. The lowest BCUT2D eigenvalue weighted by atomic mass is 10.0. The second kappa shape index (κ2) is 7.32. The number of nitro groups is 1. The molecule has 0 saturated carbocycles. The molecule has 1 atom stereocenters. The van der Waals surface area contributed by atoms with Crippen molar-refractivity contribution in [2.75, 3.05) is 6.54 Å². The molecule has 0 spiro atoms. The average molecular weight is 331 g/mol. The molecule has 0 fully saturated rings. The highest BCUT2D eigenvalue weighted by Gasteiger charge is 2.21. The second-order valence-electron chi connectivity index (χ2n) is 6.00. The first-order valence-electron chi connectivity index (χ1n) is 6.84. The number of rotatable bonds is 5. The molecule has 0 aromatic heterocycles. The van der Waals surface area contributed by atoms with E-state index in [-0.39, 0.29) is 18.5 Å². The third kappa shape index (κ3) is 6.15. The van der Waals surface area contributed by atoms with Crippen molar-refractivity contribution < 1.29 is 23.2 Å². The second-order valence-corrected chi connectivity index (χ2v) is 6.00. The van der Waals surface area contributed by atoms with Gasteiger partial charge in [0, 0.05) is 18.2 Å². The Morgan fingerprint density at radius 2 is 1.96 bits per heavy atom. The van der Waals surface area contributed by atoms with Gasteiger partial charge in [0.15, 0.2) is 11.6 Å². The summed E-state index contributed by atoms with van der Waals surface area (Å²) in [6.45, 7) is 5.04. The highest BCUT2D eigenvalue weighted by Crippen LogP contribution is 2.23. The lowest BCUT2D eigenvalue weighted by molar-refractivity contribution is -0.385. The van der Waals surface area contributed by atoms with E-state index in [9.17, 15) is 23.7 Å². The van der Waals surface area contributed by atoms with Crippen molar-refractivity contribution in [3.8, 4) is 0 Å². The molecule has 1 aromatic rings. The molecule has 0 heterocycles. The normalized spacial score (nSPS) is 12.6. The highest BCUT2D eigenvalue weighted by atomic mass is 19.2. The average Bonchev–Trinajstić information content (AvgIpc) is 2.38. The van der Waals surface area contributed by atoms with Crippen LogP contribution < -0.4 is 11.1 Å². The Hall–Kier alpha value is -2.29. The number of nitrogens with zero attached hydrogens (tertiary/aromatic N) is 1. The summed E-state index contributed by atoms with van der Waals surface area (Å²) in [5.74, 6) is -2.50. The van der Waals surface area contributed by atoms with E-state index in [0.717, 1.165) is 6.07 Å². The molecule has 0 bridgehead atoms. The number of benzene rings is 1. The zero-order chi connectivity index (χ0) is 17.8. The number of amides is 1. The molecule has 1 unspecified atom stereocenters. The number of hydrogen-bond acceptors (Lipinski definition) is 5. The molecule has 7 nitrogen and oxygen atoms in total. The van der Waals surface area contributed by atoms with E-state index in [2.05, 4.69) is 5.32 Å². The molecule has 0 saturated heterocycles. The first kappa shape index (κ1) is 18.8. The quantitative estimate of drug-likeness (QED) is 0.635. The van der Waals surface area contributed by atoms with Crippen molar-refractivity contribution in [3.05, 3.63) is 39.4 Å². The Morgan fingerprint density at radius 3 is 2.48 bits per heavy atom. The zero-order valence-electron chi connectivity index (χ0n) is 13.1. The van der Waals surface area contributed by atoms with E-state index in [0.29, 0.717) is 6.07 Å². The minimum Gasteiger partial charge on any atom is -0.444 e. The van der Waals surface area contributed by atoms with Crippen LogP contribution in [0.25, 0.3) is 0 Å². The number of hydrogen-bond donors (Lipinski definition) is 2. The van der Waals surface area contributed by atoms with Gasteiger partial charge in [0.2, 0.25) is 0 Å². The molecular formula is C14H19F2N3O4. The van der Waals surface area contributed by atoms with Crippen LogP contribution in [0.3, 0.4) is 0 Å². The summed E-state index contributed by atoms with van der Waals surface area (Å²) in [4.78, 5) is 21.5. The van der Waals surface area contributed by atoms with Gasteiger partial charge in [-0.05, 0) is 33.3 Å². The van der Waals surface area contributed by atoms with E-state index in [1.54, 1.807) is 20.8 Å². The van der Waals surface area contributed by atoms with Gasteiger partial charge in [0.25, 0.3) is 5.69 Å². The summed E-state index contributed by atoms with van der Waals surface area (Å²) < 4.78 is 31.3. The molecule has 1 rings (SSSR count). The molecule has 9 heteroatoms. The van der Waals surface area contributed by atoms with Crippen LogP contribution in [-0.2, 0) is 11.2 Å². The maximum Gasteiger partial charge on any atom is 0.407 e. The van der Waals surface area contributed by atoms with Gasteiger partial charge >= 0.3 is 6.09 Å². The summed E-state index contributed by atoms with van der Waals surface area (Å²) in [6.07, 6.45) is -0.795. The number of carbonyl (C=O) groups is 1. The van der Waals surface area contributed by atoms with Crippen molar-refractivity contribution in [2.45, 2.75) is 38.8 Å². The molecule has 0 aliphatic heterocycles. The number of nitrogens with one attached hydrogen (secondary N) is 1. The van der Waals surface area contributed by atoms with Crippen molar-refractivity contribution in [3.63, 3.8) is 0 Å². The number of nitrogens with two attached hydrogens (primary N) is 1. The predicted molar refractivity (Wildman–Crippen MR) is 78.9 cm³/mol. The molecule has 23 heavy (non-hydrogen) atoms. The Kier molecular flexibility index (Phi) is 5.97. The topological polar surface area (TPSA) is 107 Å². The lowest BCUT2D eigenvalue weighted by Gasteiger charge is -2.20. The molecule has 0 aliphatic carbocycles. The minimum atomic E-state index is -1.30. The summed E-state index contributed by atoms with van der Waals surface area (Å²) in [6, 6.07) is 0.519. The van der Waals surface area contributed by atoms with Crippen molar-refractivity contribution in [1.29, 1.82) is 0 Å². The van der Waals surface area contributed by atoms with Gasteiger partial charge in [-0.25, -0.2) is 13.6 Å². The van der Waals surface area contributed by atoms with Gasteiger partial charge in [-0.15, -0.1) is 0 Å². The Labute approximate surface area is 131 Å². The minimum absolute atomic E-state index is 0.0366. The van der Waals surface area contributed by atoms with Crippen LogP contribution >= 0.6 is 0 Å². The lowest BCUT2D eigenvalue weighted by Crippen LogP contribution is -2.41. The molecule has 128 valence electrons. The third-order valence-corrected chi connectivity index (χ3v) is 2.71. The number of nitro benzene ring substituents is 1. The van der Waals surface area contributed by atoms with E-state index in [1.807, 2.05) is 0 Å². The van der Waals surface area contributed by atoms with Crippen LogP contribution in [0.4, 0.5) is 19.3 Å². The Balaban J connectivity index is 2.71. The van der Waals surface area contributed by atoms with Crippen LogP contribution in [0.15, 0.2) is 12.1 Å². The number of halogens is 2. The van der Waals surface area contributed by atoms with Crippen molar-refractivity contribution in [1.82, 2.24) is 5.32 Å². The van der Waals surface area contributed by atoms with Crippen molar-refractivity contribution >= 4 is 11.8 Å². The van der Waals surface area contributed by atoms with Gasteiger partial charge in [-0.2, -0.15) is 0 Å². The molecule has 3 N–H and O–H groups in total. The maximum absolute atomic E-state index is 13.2. The largest absolute Gasteiger partial charge is 0.444 e. The van der Waals surface area contributed by atoms with Crippen LogP contribution in [0.5, 0.6) is 0 Å². The SMILES string of the molecule is CC(C)(C)OC(=O)NCC(N)Cc1cc(F)c(F)cc1[N+](=O)[O-]. The van der Waals surface area contributed by atoms with E-state index in [1.165, 1.54) is 0 Å².